The van der Waals surface area contributed by atoms with Crippen LogP contribution in [0, 0.1) is 12.0 Å². The van der Waals surface area contributed by atoms with E-state index in [-0.39, 0.29) is 19.0 Å². The van der Waals surface area contributed by atoms with Crippen molar-refractivity contribution in [1.29, 1.82) is 0 Å². The Hall–Kier alpha value is -1.87. The van der Waals surface area contributed by atoms with Gasteiger partial charge in [-0.25, -0.2) is 4.79 Å². The Bertz CT molecular complexity index is 528. The Morgan fingerprint density at radius 1 is 1.30 bits per heavy atom. The number of hydrogen-bond donors (Lipinski definition) is 1. The molecule has 0 saturated carbocycles. The highest BCUT2D eigenvalue weighted by Gasteiger charge is 2.24. The average Bonchev–Trinajstić information content (AvgIpc) is 2.76. The lowest BCUT2D eigenvalue weighted by Gasteiger charge is -2.18. The molecule has 0 fully saturated rings. The largest absolute Gasteiger partial charge is 0.509 e. The predicted octanol–water partition coefficient (Wildman–Crippen LogP) is 2.13. The second-order valence-electron chi connectivity index (χ2n) is 5.83. The molecule has 0 bridgehead atoms. The minimum atomic E-state index is -0.685. The molecule has 0 aliphatic rings. The summed E-state index contributed by atoms with van der Waals surface area (Å²) in [6, 6.07) is 3.14. The summed E-state index contributed by atoms with van der Waals surface area (Å²) in [5, 5.41) is 8.66. The molecule has 0 radical (unpaired) electrons. The molecule has 6 heteroatoms. The Kier molecular flexibility index (Phi) is 4.90. The van der Waals surface area contributed by atoms with Gasteiger partial charge in [-0.2, -0.15) is 0 Å². The summed E-state index contributed by atoms with van der Waals surface area (Å²) in [7, 11) is -0.141. The van der Waals surface area contributed by atoms with Gasteiger partial charge in [0.2, 0.25) is 5.76 Å². The van der Waals surface area contributed by atoms with Gasteiger partial charge in [0.05, 0.1) is 5.41 Å². The number of carbonyl (C=O) groups is 1. The fourth-order valence-electron chi connectivity index (χ4n) is 1.32. The monoisotopic (exact) mass is 278 g/mol. The first-order valence-electron chi connectivity index (χ1n) is 6.23. The second kappa shape index (κ2) is 6.06. The topological polar surface area (TPSA) is 68.9 Å². The fourth-order valence-corrected chi connectivity index (χ4v) is 1.32. The van der Waals surface area contributed by atoms with E-state index in [0.29, 0.717) is 5.76 Å². The third kappa shape index (κ3) is 4.67. The first-order chi connectivity index (χ1) is 9.15. The van der Waals surface area contributed by atoms with E-state index >= 15 is 0 Å². The van der Waals surface area contributed by atoms with Crippen molar-refractivity contribution in [2.75, 3.05) is 0 Å². The third-order valence-electron chi connectivity index (χ3n) is 2.47. The fraction of sp³-hybridized carbons (Fsp3) is 0.500. The van der Waals surface area contributed by atoms with E-state index in [4.69, 9.17) is 18.8 Å². The summed E-state index contributed by atoms with van der Waals surface area (Å²) in [6.45, 7) is 9.13. The number of hydrogen-bond acceptors (Lipinski definition) is 5. The smallest absolute Gasteiger partial charge is 0.506 e. The molecule has 0 saturated heterocycles. The minimum Gasteiger partial charge on any atom is -0.506 e. The van der Waals surface area contributed by atoms with Crippen molar-refractivity contribution in [1.82, 2.24) is 0 Å². The van der Waals surface area contributed by atoms with Gasteiger partial charge in [-0.1, -0.05) is 0 Å². The van der Waals surface area contributed by atoms with E-state index in [1.165, 1.54) is 6.07 Å². The van der Waals surface area contributed by atoms with Gasteiger partial charge in [0.25, 0.3) is 0 Å². The van der Waals surface area contributed by atoms with E-state index in [1.54, 1.807) is 19.9 Å². The molecular weight excluding hydrogens is 259 g/mol. The van der Waals surface area contributed by atoms with Gasteiger partial charge in [0.1, 0.15) is 11.9 Å². The highest BCUT2D eigenvalue weighted by atomic mass is 16.6. The molecule has 0 aliphatic heterocycles. The molecule has 0 aliphatic carbocycles. The molecule has 20 heavy (non-hydrogen) atoms. The number of aliphatic hydroxyl groups is 1. The summed E-state index contributed by atoms with van der Waals surface area (Å²) in [6.07, 6.45) is 1.85. The van der Waals surface area contributed by atoms with Crippen molar-refractivity contribution >= 4 is 13.7 Å². The van der Waals surface area contributed by atoms with Crippen molar-refractivity contribution in [3.05, 3.63) is 23.7 Å². The average molecular weight is 278 g/mol. The van der Waals surface area contributed by atoms with Gasteiger partial charge in [-0.05, 0) is 52.7 Å². The van der Waals surface area contributed by atoms with E-state index in [1.807, 2.05) is 26.9 Å². The third-order valence-corrected chi connectivity index (χ3v) is 2.47. The first kappa shape index (κ1) is 16.2. The summed E-state index contributed by atoms with van der Waals surface area (Å²) in [5.41, 5.74) is -1.07. The Morgan fingerprint density at radius 2 is 1.95 bits per heavy atom. The van der Waals surface area contributed by atoms with Crippen LogP contribution in [0.5, 0.6) is 0 Å². The standard InChI is InChI=1S/C14H19BO5/c1-13(2,3)20-15-19-12(17)10-6-7-11(18-10)14(4,5)8-9-16/h6-7,15-16H,1-5H3. The van der Waals surface area contributed by atoms with Crippen molar-refractivity contribution < 1.29 is 23.6 Å². The molecule has 1 N–H and O–H groups in total. The molecular formula is C14H19BO5. The van der Waals surface area contributed by atoms with E-state index in [0.717, 1.165) is 0 Å². The highest BCUT2D eigenvalue weighted by molar-refractivity contribution is 6.23. The lowest BCUT2D eigenvalue weighted by molar-refractivity contribution is 0.0576. The Labute approximate surface area is 119 Å². The molecule has 1 aromatic heterocycles. The molecule has 1 aromatic rings. The van der Waals surface area contributed by atoms with Gasteiger partial charge < -0.3 is 18.8 Å². The minimum absolute atomic E-state index is 0.0744. The predicted molar refractivity (Wildman–Crippen MR) is 74.8 cm³/mol. The van der Waals surface area contributed by atoms with Crippen LogP contribution in [0.1, 0.15) is 50.9 Å². The number of carbonyl (C=O) groups excluding carboxylic acids is 1. The molecule has 1 heterocycles. The Balaban J connectivity index is 2.67. The number of aliphatic hydroxyl groups excluding tert-OH is 1. The first-order valence-corrected chi connectivity index (χ1v) is 6.23. The highest BCUT2D eigenvalue weighted by Crippen LogP contribution is 2.24. The number of rotatable bonds is 4. The molecule has 5 nitrogen and oxygen atoms in total. The zero-order valence-electron chi connectivity index (χ0n) is 12.4. The summed E-state index contributed by atoms with van der Waals surface area (Å²) in [5.74, 6) is 2.53. The molecule has 0 aromatic carbocycles. The van der Waals surface area contributed by atoms with E-state index < -0.39 is 11.4 Å². The normalized spacial score (nSPS) is 11.4. The van der Waals surface area contributed by atoms with Crippen LogP contribution in [0.2, 0.25) is 0 Å². The molecule has 0 unspecified atom stereocenters. The van der Waals surface area contributed by atoms with Gasteiger partial charge >= 0.3 is 13.7 Å². The Morgan fingerprint density at radius 3 is 2.50 bits per heavy atom. The molecule has 1 rings (SSSR count). The van der Waals surface area contributed by atoms with Crippen LogP contribution in [0.25, 0.3) is 0 Å². The molecule has 0 spiro atoms. The van der Waals surface area contributed by atoms with Gasteiger partial charge in [-0.15, -0.1) is 0 Å². The molecule has 108 valence electrons. The maximum Gasteiger partial charge on any atom is 0.509 e. The van der Waals surface area contributed by atoms with Crippen LogP contribution in [0.15, 0.2) is 16.5 Å². The van der Waals surface area contributed by atoms with Crippen LogP contribution in [-0.4, -0.2) is 24.4 Å². The summed E-state index contributed by atoms with van der Waals surface area (Å²) < 4.78 is 15.6. The van der Waals surface area contributed by atoms with Crippen LogP contribution < -0.4 is 0 Å². The molecule has 0 amide bonds. The van der Waals surface area contributed by atoms with Crippen LogP contribution in [-0.2, 0) is 14.7 Å². The van der Waals surface area contributed by atoms with E-state index in [2.05, 4.69) is 5.92 Å². The van der Waals surface area contributed by atoms with Gasteiger partial charge in [0.15, 0.2) is 0 Å². The summed E-state index contributed by atoms with van der Waals surface area (Å²) >= 11 is 0. The quantitative estimate of drug-likeness (QED) is 0.675. The van der Waals surface area contributed by atoms with Gasteiger partial charge in [-0.3, -0.25) is 0 Å². The van der Waals surface area contributed by atoms with Gasteiger partial charge in [0, 0.05) is 5.60 Å². The van der Waals surface area contributed by atoms with Crippen molar-refractivity contribution in [3.63, 3.8) is 0 Å². The zero-order valence-corrected chi connectivity index (χ0v) is 12.4. The SMILES string of the molecule is CC(C)(C)OBOC(=O)c1ccc(C(C)(C)C#CO)o1. The van der Waals surface area contributed by atoms with Crippen LogP contribution >= 0.6 is 0 Å². The number of furan rings is 1. The van der Waals surface area contributed by atoms with Crippen LogP contribution in [0.4, 0.5) is 0 Å². The maximum absolute atomic E-state index is 11.7. The second-order valence-corrected chi connectivity index (χ2v) is 5.83. The lowest BCUT2D eigenvalue weighted by atomic mass is 9.92. The summed E-state index contributed by atoms with van der Waals surface area (Å²) in [4.78, 5) is 11.7. The molecule has 0 atom stereocenters. The van der Waals surface area contributed by atoms with Crippen molar-refractivity contribution in [2.45, 2.75) is 45.6 Å². The maximum atomic E-state index is 11.7. The van der Waals surface area contributed by atoms with Crippen LogP contribution in [0.3, 0.4) is 0 Å². The van der Waals surface area contributed by atoms with Crippen molar-refractivity contribution in [3.8, 4) is 12.0 Å². The van der Waals surface area contributed by atoms with E-state index in [9.17, 15) is 4.79 Å². The lowest BCUT2D eigenvalue weighted by Crippen LogP contribution is -2.24. The van der Waals surface area contributed by atoms with Crippen molar-refractivity contribution in [2.24, 2.45) is 0 Å². The zero-order chi connectivity index (χ0) is 15.4.